The topological polar surface area (TPSA) is 60.1 Å². The Morgan fingerprint density at radius 3 is 2.86 bits per heavy atom. The normalized spacial score (nSPS) is 18.6. The van der Waals surface area contributed by atoms with Gasteiger partial charge in [-0.3, -0.25) is 4.99 Å². The van der Waals surface area contributed by atoms with E-state index in [1.807, 2.05) is 0 Å². The molecule has 0 spiro atoms. The fourth-order valence-corrected chi connectivity index (χ4v) is 1.29. The quantitative estimate of drug-likeness (QED) is 0.384. The largest absolute Gasteiger partial charge is 0.385 e. The highest BCUT2D eigenvalue weighted by atomic mass is 16.5. The molecule has 1 aliphatic rings. The maximum absolute atomic E-state index is 5.81. The maximum atomic E-state index is 5.81. The first kappa shape index (κ1) is 11.3. The lowest BCUT2D eigenvalue weighted by Gasteiger charge is -2.27. The summed E-state index contributed by atoms with van der Waals surface area (Å²) in [5, 5.41) is 0. The Bertz CT molecular complexity index is 179. The number of methoxy groups -OCH3 is 1. The zero-order valence-electron chi connectivity index (χ0n) is 8.74. The molecule has 0 atom stereocenters. The summed E-state index contributed by atoms with van der Waals surface area (Å²) in [7, 11) is 1.69. The van der Waals surface area contributed by atoms with E-state index in [9.17, 15) is 0 Å². The minimum Gasteiger partial charge on any atom is -0.385 e. The second-order valence-corrected chi connectivity index (χ2v) is 3.19. The molecule has 1 saturated heterocycles. The summed E-state index contributed by atoms with van der Waals surface area (Å²) in [5.74, 6) is 0.629. The monoisotopic (exact) mass is 201 g/mol. The van der Waals surface area contributed by atoms with Gasteiger partial charge in [-0.25, -0.2) is 0 Å². The minimum atomic E-state index is 0.629. The van der Waals surface area contributed by atoms with Crippen LogP contribution >= 0.6 is 0 Å². The Morgan fingerprint density at radius 1 is 1.50 bits per heavy atom. The molecule has 2 N–H and O–H groups in total. The molecule has 0 saturated carbocycles. The zero-order chi connectivity index (χ0) is 10.2. The molecule has 0 aromatic rings. The number of ether oxygens (including phenoxy) is 2. The molecule has 1 aliphatic heterocycles. The second-order valence-electron chi connectivity index (χ2n) is 3.19. The highest BCUT2D eigenvalue weighted by molar-refractivity contribution is 5.78. The van der Waals surface area contributed by atoms with Gasteiger partial charge in [-0.2, -0.15) is 0 Å². The van der Waals surface area contributed by atoms with Crippen molar-refractivity contribution in [1.29, 1.82) is 0 Å². The summed E-state index contributed by atoms with van der Waals surface area (Å²) in [5.41, 5.74) is 5.81. The first-order chi connectivity index (χ1) is 6.84. The summed E-state index contributed by atoms with van der Waals surface area (Å²) >= 11 is 0. The van der Waals surface area contributed by atoms with Crippen molar-refractivity contribution in [3.05, 3.63) is 0 Å². The summed E-state index contributed by atoms with van der Waals surface area (Å²) in [6.45, 7) is 4.65. The van der Waals surface area contributed by atoms with Crippen LogP contribution in [0.25, 0.3) is 0 Å². The van der Waals surface area contributed by atoms with Crippen LogP contribution in [0.15, 0.2) is 4.99 Å². The van der Waals surface area contributed by atoms with E-state index in [2.05, 4.69) is 9.89 Å². The molecule has 82 valence electrons. The van der Waals surface area contributed by atoms with Crippen LogP contribution in [0.4, 0.5) is 0 Å². The van der Waals surface area contributed by atoms with Crippen LogP contribution in [0.2, 0.25) is 0 Å². The van der Waals surface area contributed by atoms with Gasteiger partial charge in [0.15, 0.2) is 5.96 Å². The van der Waals surface area contributed by atoms with Crippen molar-refractivity contribution in [2.45, 2.75) is 6.42 Å². The maximum Gasteiger partial charge on any atom is 0.191 e. The predicted molar refractivity (Wildman–Crippen MR) is 55.4 cm³/mol. The predicted octanol–water partition coefficient (Wildman–Crippen LogP) is -0.330. The van der Waals surface area contributed by atoms with Crippen molar-refractivity contribution in [2.75, 3.05) is 46.6 Å². The number of rotatable bonds is 4. The molecular formula is C9H19N3O2. The molecule has 14 heavy (non-hydrogen) atoms. The molecule has 5 nitrogen and oxygen atoms in total. The van der Waals surface area contributed by atoms with Crippen molar-refractivity contribution in [1.82, 2.24) is 4.90 Å². The summed E-state index contributed by atoms with van der Waals surface area (Å²) in [6.07, 6.45) is 0.918. The van der Waals surface area contributed by atoms with Gasteiger partial charge in [-0.05, 0) is 6.42 Å². The minimum absolute atomic E-state index is 0.629. The number of hydrogen-bond acceptors (Lipinski definition) is 3. The SMILES string of the molecule is COCCCN=C(N)N1CCOCC1. The van der Waals surface area contributed by atoms with Crippen LogP contribution in [0.1, 0.15) is 6.42 Å². The van der Waals surface area contributed by atoms with Gasteiger partial charge in [0.05, 0.1) is 13.2 Å². The molecule has 0 radical (unpaired) electrons. The Morgan fingerprint density at radius 2 is 2.21 bits per heavy atom. The standard InChI is InChI=1S/C9H19N3O2/c1-13-6-2-3-11-9(10)12-4-7-14-8-5-12/h2-8H2,1H3,(H2,10,11). The van der Waals surface area contributed by atoms with Crippen LogP contribution < -0.4 is 5.73 Å². The van der Waals surface area contributed by atoms with Crippen molar-refractivity contribution in [3.8, 4) is 0 Å². The highest BCUT2D eigenvalue weighted by Crippen LogP contribution is 1.96. The van der Waals surface area contributed by atoms with Gasteiger partial charge in [0.25, 0.3) is 0 Å². The van der Waals surface area contributed by atoms with Gasteiger partial charge in [-0.1, -0.05) is 0 Å². The number of aliphatic imine (C=N–C) groups is 1. The lowest BCUT2D eigenvalue weighted by Crippen LogP contribution is -2.44. The van der Waals surface area contributed by atoms with Gasteiger partial charge in [0, 0.05) is 33.4 Å². The molecule has 0 unspecified atom stereocenters. The third-order valence-corrected chi connectivity index (χ3v) is 2.12. The molecule has 0 aromatic carbocycles. The van der Waals surface area contributed by atoms with Gasteiger partial charge in [-0.15, -0.1) is 0 Å². The molecule has 0 amide bonds. The summed E-state index contributed by atoms with van der Waals surface area (Å²) < 4.78 is 10.1. The van der Waals surface area contributed by atoms with E-state index >= 15 is 0 Å². The van der Waals surface area contributed by atoms with Crippen LogP contribution in [0, 0.1) is 0 Å². The molecule has 0 aliphatic carbocycles. The molecule has 1 fully saturated rings. The van der Waals surface area contributed by atoms with E-state index in [-0.39, 0.29) is 0 Å². The van der Waals surface area contributed by atoms with Crippen LogP contribution in [0.5, 0.6) is 0 Å². The number of nitrogens with zero attached hydrogens (tertiary/aromatic N) is 2. The number of hydrogen-bond donors (Lipinski definition) is 1. The first-order valence-electron chi connectivity index (χ1n) is 4.96. The molecule has 5 heteroatoms. The van der Waals surface area contributed by atoms with Crippen LogP contribution in [-0.4, -0.2) is 57.4 Å². The van der Waals surface area contributed by atoms with Crippen LogP contribution in [-0.2, 0) is 9.47 Å². The van der Waals surface area contributed by atoms with E-state index in [1.165, 1.54) is 0 Å². The third kappa shape index (κ3) is 3.93. The highest BCUT2D eigenvalue weighted by Gasteiger charge is 2.11. The van der Waals surface area contributed by atoms with Crippen LogP contribution in [0.3, 0.4) is 0 Å². The van der Waals surface area contributed by atoms with E-state index in [0.717, 1.165) is 45.9 Å². The Kier molecular flexibility index (Phi) is 5.32. The van der Waals surface area contributed by atoms with E-state index in [0.29, 0.717) is 5.96 Å². The lowest BCUT2D eigenvalue weighted by atomic mass is 10.4. The Hall–Kier alpha value is -0.810. The number of guanidine groups is 1. The molecule has 1 rings (SSSR count). The van der Waals surface area contributed by atoms with Crippen molar-refractivity contribution >= 4 is 5.96 Å². The van der Waals surface area contributed by atoms with Crippen molar-refractivity contribution in [3.63, 3.8) is 0 Å². The lowest BCUT2D eigenvalue weighted by molar-refractivity contribution is 0.0674. The third-order valence-electron chi connectivity index (χ3n) is 2.12. The molecule has 0 bridgehead atoms. The van der Waals surface area contributed by atoms with Gasteiger partial charge in [0.2, 0.25) is 0 Å². The number of nitrogens with two attached hydrogens (primary N) is 1. The fraction of sp³-hybridized carbons (Fsp3) is 0.889. The van der Waals surface area contributed by atoms with E-state index in [1.54, 1.807) is 7.11 Å². The molecular weight excluding hydrogens is 182 g/mol. The van der Waals surface area contributed by atoms with Crippen molar-refractivity contribution < 1.29 is 9.47 Å². The summed E-state index contributed by atoms with van der Waals surface area (Å²) in [4.78, 5) is 6.32. The Labute approximate surface area is 84.9 Å². The summed E-state index contributed by atoms with van der Waals surface area (Å²) in [6, 6.07) is 0. The first-order valence-corrected chi connectivity index (χ1v) is 4.96. The van der Waals surface area contributed by atoms with Gasteiger partial charge < -0.3 is 20.1 Å². The average molecular weight is 201 g/mol. The smallest absolute Gasteiger partial charge is 0.191 e. The van der Waals surface area contributed by atoms with E-state index in [4.69, 9.17) is 15.2 Å². The van der Waals surface area contributed by atoms with Gasteiger partial charge >= 0.3 is 0 Å². The average Bonchev–Trinajstić information content (AvgIpc) is 2.25. The molecule has 0 aromatic heterocycles. The Balaban J connectivity index is 2.20. The van der Waals surface area contributed by atoms with E-state index < -0.39 is 0 Å². The zero-order valence-corrected chi connectivity index (χ0v) is 8.74. The van der Waals surface area contributed by atoms with Gasteiger partial charge in [0.1, 0.15) is 0 Å². The number of morpholine rings is 1. The van der Waals surface area contributed by atoms with Crippen molar-refractivity contribution in [2.24, 2.45) is 10.7 Å². The second kappa shape index (κ2) is 6.62. The fourth-order valence-electron chi connectivity index (χ4n) is 1.29. The molecule has 1 heterocycles.